The lowest BCUT2D eigenvalue weighted by Gasteiger charge is -2.34. The Bertz CT molecular complexity index is 493. The molecule has 0 spiro atoms. The number of carbonyl (C=O) groups is 1. The Morgan fingerprint density at radius 3 is 3.00 bits per heavy atom. The largest absolute Gasteiger partial charge is 0.491 e. The van der Waals surface area contributed by atoms with Gasteiger partial charge < -0.3 is 15.4 Å². The number of benzene rings is 1. The van der Waals surface area contributed by atoms with Crippen molar-refractivity contribution in [2.45, 2.75) is 38.6 Å². The summed E-state index contributed by atoms with van der Waals surface area (Å²) in [7, 11) is 0. The predicted molar refractivity (Wildman–Crippen MR) is 84.1 cm³/mol. The van der Waals surface area contributed by atoms with Crippen LogP contribution in [0.15, 0.2) is 24.3 Å². The van der Waals surface area contributed by atoms with E-state index in [0.29, 0.717) is 25.4 Å². The molecule has 122 valence electrons. The summed E-state index contributed by atoms with van der Waals surface area (Å²) in [5.74, 6) is 0.407. The maximum Gasteiger partial charge on any atom is 0.222 e. The van der Waals surface area contributed by atoms with Gasteiger partial charge in [-0.25, -0.2) is 4.39 Å². The quantitative estimate of drug-likeness (QED) is 0.822. The highest BCUT2D eigenvalue weighted by Gasteiger charge is 2.25. The second-order valence-corrected chi connectivity index (χ2v) is 5.98. The minimum Gasteiger partial charge on any atom is -0.491 e. The number of carbonyl (C=O) groups excluding carboxylic acids is 1. The summed E-state index contributed by atoms with van der Waals surface area (Å²) in [4.78, 5) is 14.1. The van der Waals surface area contributed by atoms with E-state index < -0.39 is 0 Å². The molecule has 2 N–H and O–H groups in total. The first-order chi connectivity index (χ1) is 10.6. The third kappa shape index (κ3) is 4.70. The topological polar surface area (TPSA) is 55.6 Å². The van der Waals surface area contributed by atoms with Crippen molar-refractivity contribution in [1.82, 2.24) is 4.90 Å². The monoisotopic (exact) mass is 308 g/mol. The highest BCUT2D eigenvalue weighted by atomic mass is 19.1. The van der Waals surface area contributed by atoms with E-state index in [1.165, 1.54) is 6.07 Å². The molecule has 22 heavy (non-hydrogen) atoms. The summed E-state index contributed by atoms with van der Waals surface area (Å²) in [6.07, 6.45) is 3.13. The van der Waals surface area contributed by atoms with Gasteiger partial charge in [0.05, 0.1) is 6.61 Å². The van der Waals surface area contributed by atoms with Crippen LogP contribution in [-0.2, 0) is 4.79 Å². The molecule has 5 heteroatoms. The van der Waals surface area contributed by atoms with E-state index in [2.05, 4.69) is 0 Å². The molecule has 1 fully saturated rings. The van der Waals surface area contributed by atoms with E-state index in [1.54, 1.807) is 18.2 Å². The van der Waals surface area contributed by atoms with Gasteiger partial charge in [0.15, 0.2) is 11.6 Å². The van der Waals surface area contributed by atoms with Gasteiger partial charge in [-0.2, -0.15) is 0 Å². The Morgan fingerprint density at radius 2 is 2.27 bits per heavy atom. The molecule has 0 saturated carbocycles. The molecule has 0 bridgehead atoms. The van der Waals surface area contributed by atoms with Gasteiger partial charge in [0.1, 0.15) is 0 Å². The Kier molecular flexibility index (Phi) is 6.19. The van der Waals surface area contributed by atoms with Crippen molar-refractivity contribution in [3.63, 3.8) is 0 Å². The smallest absolute Gasteiger partial charge is 0.222 e. The zero-order valence-electron chi connectivity index (χ0n) is 13.1. The number of rotatable bonds is 6. The van der Waals surface area contributed by atoms with Gasteiger partial charge in [0.25, 0.3) is 0 Å². The SMILES string of the molecule is C[C@H](N)[C@H]1CCCN(C(=O)CCCOc2ccccc2F)C1. The molecule has 4 nitrogen and oxygen atoms in total. The molecule has 1 aromatic rings. The van der Waals surface area contributed by atoms with Gasteiger partial charge in [-0.05, 0) is 44.2 Å². The van der Waals surface area contributed by atoms with Crippen molar-refractivity contribution in [3.05, 3.63) is 30.1 Å². The van der Waals surface area contributed by atoms with Gasteiger partial charge >= 0.3 is 0 Å². The minimum atomic E-state index is -0.371. The Labute approximate surface area is 131 Å². The van der Waals surface area contributed by atoms with E-state index in [0.717, 1.165) is 25.9 Å². The van der Waals surface area contributed by atoms with Gasteiger partial charge in [-0.3, -0.25) is 4.79 Å². The fourth-order valence-corrected chi connectivity index (χ4v) is 2.79. The second-order valence-electron chi connectivity index (χ2n) is 5.98. The van der Waals surface area contributed by atoms with Crippen molar-refractivity contribution < 1.29 is 13.9 Å². The first kappa shape index (κ1) is 16.7. The number of amides is 1. The highest BCUT2D eigenvalue weighted by molar-refractivity contribution is 5.76. The average molecular weight is 308 g/mol. The molecule has 0 aliphatic carbocycles. The van der Waals surface area contributed by atoms with E-state index in [9.17, 15) is 9.18 Å². The van der Waals surface area contributed by atoms with Gasteiger partial charge in [-0.1, -0.05) is 12.1 Å². The van der Waals surface area contributed by atoms with E-state index >= 15 is 0 Å². The second kappa shape index (κ2) is 8.13. The summed E-state index contributed by atoms with van der Waals surface area (Å²) in [6, 6.07) is 6.43. The van der Waals surface area contributed by atoms with Crippen LogP contribution in [0.2, 0.25) is 0 Å². The zero-order chi connectivity index (χ0) is 15.9. The minimum absolute atomic E-state index is 0.125. The van der Waals surface area contributed by atoms with Crippen LogP contribution in [0.5, 0.6) is 5.75 Å². The van der Waals surface area contributed by atoms with E-state index in [1.807, 2.05) is 11.8 Å². The predicted octanol–water partition coefficient (Wildman–Crippen LogP) is 2.57. The first-order valence-electron chi connectivity index (χ1n) is 7.98. The molecule has 0 aromatic heterocycles. The number of likely N-dealkylation sites (tertiary alicyclic amines) is 1. The van der Waals surface area contributed by atoms with Gasteiger partial charge in [0, 0.05) is 25.6 Å². The molecule has 2 rings (SSSR count). The van der Waals surface area contributed by atoms with E-state index in [-0.39, 0.29) is 23.5 Å². The van der Waals surface area contributed by atoms with Crippen LogP contribution in [0.1, 0.15) is 32.6 Å². The molecule has 0 unspecified atom stereocenters. The summed E-state index contributed by atoms with van der Waals surface area (Å²) in [6.45, 7) is 3.92. The zero-order valence-corrected chi connectivity index (χ0v) is 13.1. The standard InChI is InChI=1S/C17H25FN2O2/c1-13(19)14-6-4-10-20(12-14)17(21)9-5-11-22-16-8-3-2-7-15(16)18/h2-3,7-8,13-14H,4-6,9-12,19H2,1H3/t13-,14-/m0/s1. The van der Waals surface area contributed by atoms with Gasteiger partial charge in [0.2, 0.25) is 5.91 Å². The maximum atomic E-state index is 13.4. The normalized spacial score (nSPS) is 19.8. The van der Waals surface area contributed by atoms with Crippen molar-refractivity contribution in [3.8, 4) is 5.75 Å². The van der Waals surface area contributed by atoms with Crippen LogP contribution in [-0.4, -0.2) is 36.5 Å². The Morgan fingerprint density at radius 1 is 1.50 bits per heavy atom. The van der Waals surface area contributed by atoms with Gasteiger partial charge in [-0.15, -0.1) is 0 Å². The molecule has 1 heterocycles. The number of para-hydroxylation sites is 1. The lowest BCUT2D eigenvalue weighted by atomic mass is 9.92. The van der Waals surface area contributed by atoms with Crippen LogP contribution in [0.4, 0.5) is 4.39 Å². The number of hydrogen-bond donors (Lipinski definition) is 1. The number of ether oxygens (including phenoxy) is 1. The first-order valence-corrected chi connectivity index (χ1v) is 7.98. The van der Waals surface area contributed by atoms with Crippen LogP contribution in [0.25, 0.3) is 0 Å². The molecule has 1 aliphatic heterocycles. The summed E-state index contributed by atoms with van der Waals surface area (Å²) in [5.41, 5.74) is 5.94. The van der Waals surface area contributed by atoms with Crippen LogP contribution in [0.3, 0.4) is 0 Å². The lowest BCUT2D eigenvalue weighted by molar-refractivity contribution is -0.133. The Hall–Kier alpha value is -1.62. The van der Waals surface area contributed by atoms with Crippen molar-refractivity contribution in [2.75, 3.05) is 19.7 Å². The number of halogens is 1. The summed E-state index contributed by atoms with van der Waals surface area (Å²) in [5, 5.41) is 0. The molecule has 1 aliphatic rings. The van der Waals surface area contributed by atoms with Crippen molar-refractivity contribution in [2.24, 2.45) is 11.7 Å². The molecular formula is C17H25FN2O2. The maximum absolute atomic E-state index is 13.4. The molecule has 1 saturated heterocycles. The molecule has 1 amide bonds. The van der Waals surface area contributed by atoms with Crippen molar-refractivity contribution in [1.29, 1.82) is 0 Å². The fourth-order valence-electron chi connectivity index (χ4n) is 2.79. The van der Waals surface area contributed by atoms with Crippen LogP contribution < -0.4 is 10.5 Å². The number of piperidine rings is 1. The number of nitrogens with two attached hydrogens (primary N) is 1. The average Bonchev–Trinajstić information content (AvgIpc) is 2.53. The Balaban J connectivity index is 1.70. The molecular weight excluding hydrogens is 283 g/mol. The summed E-state index contributed by atoms with van der Waals surface area (Å²) >= 11 is 0. The van der Waals surface area contributed by atoms with E-state index in [4.69, 9.17) is 10.5 Å². The lowest BCUT2D eigenvalue weighted by Crippen LogP contribution is -2.45. The summed E-state index contributed by atoms with van der Waals surface area (Å²) < 4.78 is 18.7. The number of nitrogens with zero attached hydrogens (tertiary/aromatic N) is 1. The van der Waals surface area contributed by atoms with Crippen LogP contribution >= 0.6 is 0 Å². The molecule has 0 radical (unpaired) electrons. The van der Waals surface area contributed by atoms with Crippen molar-refractivity contribution >= 4 is 5.91 Å². The highest BCUT2D eigenvalue weighted by Crippen LogP contribution is 2.20. The van der Waals surface area contributed by atoms with Crippen LogP contribution in [0, 0.1) is 11.7 Å². The number of hydrogen-bond acceptors (Lipinski definition) is 3. The third-order valence-corrected chi connectivity index (χ3v) is 4.18. The fraction of sp³-hybridized carbons (Fsp3) is 0.588. The molecule has 1 aromatic carbocycles. The third-order valence-electron chi connectivity index (χ3n) is 4.18. The molecule has 2 atom stereocenters.